The highest BCUT2D eigenvalue weighted by Gasteiger charge is 2.16. The van der Waals surface area contributed by atoms with Crippen molar-refractivity contribution in [1.29, 1.82) is 0 Å². The first kappa shape index (κ1) is 12.0. The van der Waals surface area contributed by atoms with Crippen LogP contribution in [0.25, 0.3) is 0 Å². The molecule has 0 spiro atoms. The fourth-order valence-corrected chi connectivity index (χ4v) is 1.82. The molecule has 0 unspecified atom stereocenters. The first-order valence-electron chi connectivity index (χ1n) is 5.60. The van der Waals surface area contributed by atoms with E-state index in [9.17, 15) is 4.79 Å². The molecule has 0 aliphatic rings. The van der Waals surface area contributed by atoms with E-state index in [0.717, 1.165) is 11.3 Å². The van der Waals surface area contributed by atoms with E-state index >= 15 is 0 Å². The number of hydrogen-bond donors (Lipinski definition) is 2. The molecule has 18 heavy (non-hydrogen) atoms. The van der Waals surface area contributed by atoms with E-state index in [1.54, 1.807) is 24.3 Å². The summed E-state index contributed by atoms with van der Waals surface area (Å²) in [7, 11) is 0. The van der Waals surface area contributed by atoms with Gasteiger partial charge in [0.05, 0.1) is 11.4 Å². The lowest BCUT2D eigenvalue weighted by Gasteiger charge is -2.22. The molecular formula is C14H15N3O. The van der Waals surface area contributed by atoms with E-state index in [1.807, 2.05) is 31.2 Å². The van der Waals surface area contributed by atoms with Gasteiger partial charge in [-0.1, -0.05) is 18.2 Å². The van der Waals surface area contributed by atoms with Crippen molar-refractivity contribution in [2.75, 3.05) is 10.6 Å². The molecule has 0 aromatic heterocycles. The van der Waals surface area contributed by atoms with Crippen LogP contribution in [0.3, 0.4) is 0 Å². The molecule has 4 N–H and O–H groups in total. The fourth-order valence-electron chi connectivity index (χ4n) is 1.82. The van der Waals surface area contributed by atoms with E-state index < -0.39 is 6.03 Å². The summed E-state index contributed by atoms with van der Waals surface area (Å²) in [6.07, 6.45) is 0. The summed E-state index contributed by atoms with van der Waals surface area (Å²) in [6, 6.07) is 14.1. The molecular weight excluding hydrogens is 226 g/mol. The molecule has 0 aliphatic heterocycles. The average molecular weight is 241 g/mol. The molecule has 0 heterocycles. The van der Waals surface area contributed by atoms with Crippen LogP contribution in [0.4, 0.5) is 21.9 Å². The zero-order valence-electron chi connectivity index (χ0n) is 10.1. The maximum absolute atomic E-state index is 11.7. The second kappa shape index (κ2) is 4.79. The van der Waals surface area contributed by atoms with Crippen LogP contribution in [0.2, 0.25) is 0 Å². The van der Waals surface area contributed by atoms with Gasteiger partial charge < -0.3 is 11.5 Å². The number of primary amides is 1. The number of benzene rings is 2. The molecule has 2 amide bonds. The number of para-hydroxylation sites is 1. The second-order valence-electron chi connectivity index (χ2n) is 4.05. The number of rotatable bonds is 2. The van der Waals surface area contributed by atoms with Gasteiger partial charge >= 0.3 is 6.03 Å². The average Bonchev–Trinajstić information content (AvgIpc) is 2.34. The van der Waals surface area contributed by atoms with Crippen LogP contribution >= 0.6 is 0 Å². The van der Waals surface area contributed by atoms with Crippen LogP contribution < -0.4 is 16.4 Å². The second-order valence-corrected chi connectivity index (χ2v) is 4.05. The Morgan fingerprint density at radius 1 is 1.06 bits per heavy atom. The highest BCUT2D eigenvalue weighted by atomic mass is 16.2. The van der Waals surface area contributed by atoms with Crippen molar-refractivity contribution < 1.29 is 4.79 Å². The zero-order chi connectivity index (χ0) is 13.1. The van der Waals surface area contributed by atoms with Gasteiger partial charge in [0.15, 0.2) is 0 Å². The minimum Gasteiger partial charge on any atom is -0.399 e. The highest BCUT2D eigenvalue weighted by Crippen LogP contribution is 2.28. The van der Waals surface area contributed by atoms with Crippen molar-refractivity contribution in [3.05, 3.63) is 54.1 Å². The Labute approximate surface area is 106 Å². The number of urea groups is 1. The first-order chi connectivity index (χ1) is 8.59. The molecule has 2 aromatic carbocycles. The molecule has 0 bridgehead atoms. The minimum absolute atomic E-state index is 0.519. The minimum atomic E-state index is -0.519. The van der Waals surface area contributed by atoms with Crippen LogP contribution in [0.15, 0.2) is 48.5 Å². The summed E-state index contributed by atoms with van der Waals surface area (Å²) < 4.78 is 0. The summed E-state index contributed by atoms with van der Waals surface area (Å²) in [5.41, 5.74) is 14.2. The van der Waals surface area contributed by atoms with Crippen molar-refractivity contribution in [3.63, 3.8) is 0 Å². The summed E-state index contributed by atoms with van der Waals surface area (Å²) in [6.45, 7) is 1.93. The van der Waals surface area contributed by atoms with Crippen molar-refractivity contribution in [2.24, 2.45) is 5.73 Å². The van der Waals surface area contributed by atoms with E-state index in [1.165, 1.54) is 4.90 Å². The predicted molar refractivity (Wildman–Crippen MR) is 73.8 cm³/mol. The number of nitrogens with zero attached hydrogens (tertiary/aromatic N) is 1. The Morgan fingerprint density at radius 3 is 2.22 bits per heavy atom. The van der Waals surface area contributed by atoms with Crippen LogP contribution in [0, 0.1) is 6.92 Å². The van der Waals surface area contributed by atoms with Crippen molar-refractivity contribution >= 4 is 23.1 Å². The smallest absolute Gasteiger partial charge is 0.323 e. The Morgan fingerprint density at radius 2 is 1.67 bits per heavy atom. The molecule has 4 heteroatoms. The third-order valence-electron chi connectivity index (χ3n) is 2.73. The largest absolute Gasteiger partial charge is 0.399 e. The van der Waals surface area contributed by atoms with Crippen LogP contribution in [0.5, 0.6) is 0 Å². The Kier molecular flexibility index (Phi) is 3.19. The number of aryl methyl sites for hydroxylation is 1. The number of nitrogens with two attached hydrogens (primary N) is 2. The van der Waals surface area contributed by atoms with Gasteiger partial charge in [0, 0.05) is 5.69 Å². The molecule has 92 valence electrons. The normalized spacial score (nSPS) is 10.1. The van der Waals surface area contributed by atoms with Crippen molar-refractivity contribution in [3.8, 4) is 0 Å². The van der Waals surface area contributed by atoms with Gasteiger partial charge in [-0.05, 0) is 42.8 Å². The molecule has 0 radical (unpaired) electrons. The molecule has 0 saturated heterocycles. The van der Waals surface area contributed by atoms with Crippen molar-refractivity contribution in [1.82, 2.24) is 0 Å². The fraction of sp³-hybridized carbons (Fsp3) is 0.0714. The lowest BCUT2D eigenvalue weighted by molar-refractivity contribution is 0.256. The Balaban J connectivity index is 2.50. The number of nitrogen functional groups attached to an aromatic ring is 1. The summed E-state index contributed by atoms with van der Waals surface area (Å²) in [5.74, 6) is 0. The number of hydrogen-bond acceptors (Lipinski definition) is 2. The van der Waals surface area contributed by atoms with E-state index in [0.29, 0.717) is 11.4 Å². The van der Waals surface area contributed by atoms with Gasteiger partial charge in [0.2, 0.25) is 0 Å². The zero-order valence-corrected chi connectivity index (χ0v) is 10.1. The molecule has 0 fully saturated rings. The van der Waals surface area contributed by atoms with Gasteiger partial charge in [-0.3, -0.25) is 4.90 Å². The van der Waals surface area contributed by atoms with Crippen LogP contribution in [0.1, 0.15) is 5.56 Å². The van der Waals surface area contributed by atoms with E-state index in [2.05, 4.69) is 0 Å². The SMILES string of the molecule is Cc1ccccc1N(C(N)=O)c1ccc(N)cc1. The quantitative estimate of drug-likeness (QED) is 0.793. The number of carbonyl (C=O) groups is 1. The summed E-state index contributed by atoms with van der Waals surface area (Å²) in [4.78, 5) is 13.1. The predicted octanol–water partition coefficient (Wildman–Crippen LogP) is 2.79. The molecule has 0 aliphatic carbocycles. The van der Waals surface area contributed by atoms with Crippen LogP contribution in [-0.4, -0.2) is 6.03 Å². The maximum atomic E-state index is 11.7. The number of anilines is 3. The van der Waals surface area contributed by atoms with Gasteiger partial charge in [-0.15, -0.1) is 0 Å². The lowest BCUT2D eigenvalue weighted by Crippen LogP contribution is -2.31. The third kappa shape index (κ3) is 2.27. The van der Waals surface area contributed by atoms with Crippen LogP contribution in [-0.2, 0) is 0 Å². The van der Waals surface area contributed by atoms with Gasteiger partial charge in [0.25, 0.3) is 0 Å². The standard InChI is InChI=1S/C14H15N3O/c1-10-4-2-3-5-13(10)17(14(16)18)12-8-6-11(15)7-9-12/h2-9H,15H2,1H3,(H2,16,18). The summed E-state index contributed by atoms with van der Waals surface area (Å²) in [5, 5.41) is 0. The molecule has 4 nitrogen and oxygen atoms in total. The summed E-state index contributed by atoms with van der Waals surface area (Å²) >= 11 is 0. The maximum Gasteiger partial charge on any atom is 0.323 e. The first-order valence-corrected chi connectivity index (χ1v) is 5.60. The van der Waals surface area contributed by atoms with E-state index in [4.69, 9.17) is 11.5 Å². The molecule has 0 atom stereocenters. The molecule has 2 aromatic rings. The lowest BCUT2D eigenvalue weighted by atomic mass is 10.1. The Hall–Kier alpha value is -2.49. The monoisotopic (exact) mass is 241 g/mol. The molecule has 0 saturated carbocycles. The van der Waals surface area contributed by atoms with Gasteiger partial charge in [-0.2, -0.15) is 0 Å². The molecule has 2 rings (SSSR count). The Bertz CT molecular complexity index is 564. The topological polar surface area (TPSA) is 72.3 Å². The number of carbonyl (C=O) groups excluding carboxylic acids is 1. The third-order valence-corrected chi connectivity index (χ3v) is 2.73. The van der Waals surface area contributed by atoms with E-state index in [-0.39, 0.29) is 0 Å². The number of amides is 2. The van der Waals surface area contributed by atoms with Gasteiger partial charge in [0.1, 0.15) is 0 Å². The van der Waals surface area contributed by atoms with Gasteiger partial charge in [-0.25, -0.2) is 4.79 Å². The van der Waals surface area contributed by atoms with Crippen molar-refractivity contribution in [2.45, 2.75) is 6.92 Å². The highest BCUT2D eigenvalue weighted by molar-refractivity contribution is 5.99.